The van der Waals surface area contributed by atoms with Crippen molar-refractivity contribution in [2.45, 2.75) is 38.8 Å². The fraction of sp³-hybridized carbons (Fsp3) is 0.414. The Morgan fingerprint density at radius 2 is 1.82 bits per heavy atom. The van der Waals surface area contributed by atoms with Gasteiger partial charge in [0.15, 0.2) is 5.75 Å². The van der Waals surface area contributed by atoms with Crippen LogP contribution in [0, 0.1) is 17.2 Å². The molecule has 2 aliphatic rings. The van der Waals surface area contributed by atoms with E-state index < -0.39 is 27.4 Å². The highest BCUT2D eigenvalue weighted by molar-refractivity contribution is 7.89. The monoisotopic (exact) mass is 577 g/mol. The van der Waals surface area contributed by atoms with Crippen LogP contribution in [-0.4, -0.2) is 54.6 Å². The molecule has 2 aliphatic carbocycles. The summed E-state index contributed by atoms with van der Waals surface area (Å²) < 4.78 is 87.3. The first-order valence-electron chi connectivity index (χ1n) is 13.1. The first kappa shape index (κ1) is 28.4. The van der Waals surface area contributed by atoms with Crippen LogP contribution in [0.3, 0.4) is 0 Å². The zero-order valence-corrected chi connectivity index (χ0v) is 23.1. The molecule has 1 aromatic heterocycles. The maximum absolute atomic E-state index is 13.4. The van der Waals surface area contributed by atoms with E-state index in [1.807, 2.05) is 0 Å². The fourth-order valence-corrected chi connectivity index (χ4v) is 7.32. The van der Waals surface area contributed by atoms with Gasteiger partial charge in [-0.25, -0.2) is 21.8 Å². The number of halogens is 4. The fourth-order valence-electron chi connectivity index (χ4n) is 5.95. The van der Waals surface area contributed by atoms with Crippen molar-refractivity contribution in [1.29, 1.82) is 0 Å². The maximum atomic E-state index is 13.4. The summed E-state index contributed by atoms with van der Waals surface area (Å²) in [5, 5.41) is 4.51. The number of hydrogen-bond acceptors (Lipinski definition) is 4. The van der Waals surface area contributed by atoms with Gasteiger partial charge in [0, 0.05) is 13.1 Å². The van der Waals surface area contributed by atoms with Crippen LogP contribution in [0.25, 0.3) is 11.8 Å². The van der Waals surface area contributed by atoms with Gasteiger partial charge in [0.2, 0.25) is 10.0 Å². The number of ether oxygens (including phenoxy) is 1. The van der Waals surface area contributed by atoms with Crippen molar-refractivity contribution in [2.24, 2.45) is 11.3 Å². The Bertz CT molecular complexity index is 1500. The summed E-state index contributed by atoms with van der Waals surface area (Å²) in [6.45, 7) is 2.01. The Morgan fingerprint density at radius 3 is 2.48 bits per heavy atom. The van der Waals surface area contributed by atoms with Gasteiger partial charge < -0.3 is 4.74 Å². The molecule has 1 heterocycles. The van der Waals surface area contributed by atoms with Crippen LogP contribution in [0.15, 0.2) is 60.3 Å². The number of benzene rings is 2. The van der Waals surface area contributed by atoms with Crippen molar-refractivity contribution >= 4 is 16.1 Å². The summed E-state index contributed by atoms with van der Waals surface area (Å²) in [7, 11) is -3.06. The van der Waals surface area contributed by atoms with E-state index in [9.17, 15) is 26.0 Å². The van der Waals surface area contributed by atoms with E-state index in [2.05, 4.69) is 18.1 Å². The van der Waals surface area contributed by atoms with E-state index in [1.54, 1.807) is 47.3 Å². The molecule has 3 aromatic rings. The van der Waals surface area contributed by atoms with Crippen molar-refractivity contribution < 1.29 is 30.7 Å². The molecule has 11 heteroatoms. The molecule has 0 spiro atoms. The Balaban J connectivity index is 1.39. The van der Waals surface area contributed by atoms with E-state index in [-0.39, 0.29) is 31.2 Å². The molecule has 2 aromatic carbocycles. The lowest BCUT2D eigenvalue weighted by Gasteiger charge is -2.38. The molecule has 0 radical (unpaired) electrons. The van der Waals surface area contributed by atoms with Gasteiger partial charge in [-0.2, -0.15) is 18.3 Å². The van der Waals surface area contributed by atoms with Crippen molar-refractivity contribution in [3.63, 3.8) is 0 Å². The minimum absolute atomic E-state index is 0.00381. The van der Waals surface area contributed by atoms with Crippen molar-refractivity contribution in [3.8, 4) is 11.4 Å². The third-order valence-corrected chi connectivity index (χ3v) is 10.0. The van der Waals surface area contributed by atoms with Gasteiger partial charge in [-0.1, -0.05) is 24.6 Å². The molecule has 214 valence electrons. The standard InChI is InChI=1S/C29H31F4N3O3S/c1-28-16-21-17-34-36(25-9-7-24(30)8-10-25)27(21)15-22(28)5-6-23(28)18-35(40(37,38)19-29(31,32)33)14-13-20-3-11-26(39-2)12-4-20/h3-4,7-12,15,17,23H,5-6,13-14,16,18-19H2,1-2H3/t23-,28+/m1/s1. The number of sulfonamides is 1. The average Bonchev–Trinajstić information content (AvgIpc) is 3.43. The van der Waals surface area contributed by atoms with Crippen molar-refractivity contribution in [1.82, 2.24) is 14.1 Å². The summed E-state index contributed by atoms with van der Waals surface area (Å²) in [6, 6.07) is 13.1. The van der Waals surface area contributed by atoms with Crippen LogP contribution in [0.2, 0.25) is 0 Å². The van der Waals surface area contributed by atoms with Crippen molar-refractivity contribution in [2.75, 3.05) is 26.0 Å². The highest BCUT2D eigenvalue weighted by atomic mass is 32.2. The number of allylic oxidation sites excluding steroid dienone is 1. The summed E-state index contributed by atoms with van der Waals surface area (Å²) in [4.78, 5) is 0. The second-order valence-corrected chi connectivity index (χ2v) is 12.7. The normalized spacial score (nSPS) is 20.8. The number of nitrogens with zero attached hydrogens (tertiary/aromatic N) is 3. The van der Waals surface area contributed by atoms with Crippen molar-refractivity contribution in [3.05, 3.63) is 82.9 Å². The quantitative estimate of drug-likeness (QED) is 0.301. The lowest BCUT2D eigenvalue weighted by Crippen LogP contribution is -2.44. The first-order valence-corrected chi connectivity index (χ1v) is 14.7. The van der Waals surface area contributed by atoms with Gasteiger partial charge in [-0.05, 0) is 90.6 Å². The average molecular weight is 578 g/mol. The Morgan fingerprint density at radius 1 is 1.12 bits per heavy atom. The molecule has 0 N–H and O–H groups in total. The van der Waals surface area contributed by atoms with Crippen LogP contribution in [0.4, 0.5) is 17.6 Å². The highest BCUT2D eigenvalue weighted by Gasteiger charge is 2.48. The lowest BCUT2D eigenvalue weighted by atomic mass is 9.70. The molecule has 0 unspecified atom stereocenters. The first-order chi connectivity index (χ1) is 18.9. The van der Waals surface area contributed by atoms with Gasteiger partial charge >= 0.3 is 6.18 Å². The molecule has 0 saturated heterocycles. The largest absolute Gasteiger partial charge is 0.497 e. The molecule has 0 bridgehead atoms. The molecule has 5 rings (SSSR count). The van der Waals surface area contributed by atoms with Crippen LogP contribution in [0.5, 0.6) is 5.75 Å². The highest BCUT2D eigenvalue weighted by Crippen LogP contribution is 2.53. The summed E-state index contributed by atoms with van der Waals surface area (Å²) >= 11 is 0. The van der Waals surface area contributed by atoms with E-state index in [1.165, 1.54) is 19.2 Å². The van der Waals surface area contributed by atoms with Gasteiger partial charge in [0.05, 0.1) is 24.7 Å². The zero-order valence-electron chi connectivity index (χ0n) is 22.3. The number of aromatic nitrogens is 2. The van der Waals surface area contributed by atoms with E-state index >= 15 is 0 Å². The molecular formula is C29H31F4N3O3S. The Hall–Kier alpha value is -3.18. The van der Waals surface area contributed by atoms with E-state index in [0.29, 0.717) is 25.0 Å². The second kappa shape index (κ2) is 10.7. The molecule has 2 atom stereocenters. The molecule has 0 aliphatic heterocycles. The number of hydrogen-bond donors (Lipinski definition) is 0. The van der Waals surface area contributed by atoms with Crippen LogP contribution < -0.4 is 4.74 Å². The molecule has 6 nitrogen and oxygen atoms in total. The zero-order chi connectivity index (χ0) is 28.7. The van der Waals surface area contributed by atoms with Crippen LogP contribution >= 0.6 is 0 Å². The minimum Gasteiger partial charge on any atom is -0.497 e. The third-order valence-electron chi connectivity index (χ3n) is 8.20. The smallest absolute Gasteiger partial charge is 0.404 e. The molecule has 40 heavy (non-hydrogen) atoms. The van der Waals surface area contributed by atoms with Gasteiger partial charge in [0.25, 0.3) is 0 Å². The summed E-state index contributed by atoms with van der Waals surface area (Å²) in [5.41, 5.74) is 4.08. The van der Waals surface area contributed by atoms with Gasteiger partial charge in [0.1, 0.15) is 11.6 Å². The lowest BCUT2D eigenvalue weighted by molar-refractivity contribution is -0.107. The molecule has 1 saturated carbocycles. The van der Waals surface area contributed by atoms with Crippen LogP contribution in [0.1, 0.15) is 36.6 Å². The maximum Gasteiger partial charge on any atom is 0.404 e. The molecule has 0 amide bonds. The summed E-state index contributed by atoms with van der Waals surface area (Å²) in [5.74, 6) is -1.75. The molecular weight excluding hydrogens is 546 g/mol. The SMILES string of the molecule is COc1ccc(CCN(C[C@H]2CCC3=Cc4c(cnn4-c4ccc(F)cc4)C[C@@]32C)S(=O)(=O)CC(F)(F)F)cc1. The Labute approximate surface area is 231 Å². The van der Waals surface area contributed by atoms with Gasteiger partial charge in [-0.3, -0.25) is 0 Å². The number of rotatable bonds is 9. The number of alkyl halides is 3. The predicted octanol–water partition coefficient (Wildman–Crippen LogP) is 5.81. The molecule has 1 fully saturated rings. The number of fused-ring (bicyclic) bond motifs is 2. The second-order valence-electron chi connectivity index (χ2n) is 10.8. The van der Waals surface area contributed by atoms with Crippen LogP contribution in [-0.2, 0) is 22.9 Å². The summed E-state index contributed by atoms with van der Waals surface area (Å²) in [6.07, 6.45) is 1.22. The van der Waals surface area contributed by atoms with Gasteiger partial charge in [-0.15, -0.1) is 0 Å². The predicted molar refractivity (Wildman–Crippen MR) is 144 cm³/mol. The Kier molecular flexibility index (Phi) is 7.56. The minimum atomic E-state index is -4.84. The van der Waals surface area contributed by atoms with E-state index in [4.69, 9.17) is 4.74 Å². The topological polar surface area (TPSA) is 64.4 Å². The van der Waals surface area contributed by atoms with E-state index in [0.717, 1.165) is 32.4 Å². The number of methoxy groups -OCH3 is 1. The third kappa shape index (κ3) is 5.81.